The first-order chi connectivity index (χ1) is 11.5. The second-order valence-corrected chi connectivity index (χ2v) is 5.67. The molecule has 2 aromatic heterocycles. The molecule has 3 aromatic rings. The summed E-state index contributed by atoms with van der Waals surface area (Å²) in [6.45, 7) is 3.89. The van der Waals surface area contributed by atoms with Gasteiger partial charge in [0, 0.05) is 12.3 Å². The van der Waals surface area contributed by atoms with Crippen LogP contribution in [0.4, 0.5) is 5.69 Å². The van der Waals surface area contributed by atoms with Gasteiger partial charge < -0.3 is 10.1 Å². The number of fused-ring (bicyclic) bond motifs is 1. The molecule has 124 valence electrons. The molecule has 0 spiro atoms. The van der Waals surface area contributed by atoms with E-state index < -0.39 is 0 Å². The van der Waals surface area contributed by atoms with Gasteiger partial charge in [0.25, 0.3) is 11.5 Å². The minimum atomic E-state index is -0.369. The van der Waals surface area contributed by atoms with Crippen LogP contribution in [-0.4, -0.2) is 27.6 Å². The van der Waals surface area contributed by atoms with Crippen LogP contribution in [-0.2, 0) is 0 Å². The summed E-state index contributed by atoms with van der Waals surface area (Å²) in [5.74, 6) is 0.271. The molecular formula is C17H18N4O3. The third-order valence-electron chi connectivity index (χ3n) is 3.71. The lowest BCUT2D eigenvalue weighted by Gasteiger charge is -2.09. The first-order valence-corrected chi connectivity index (χ1v) is 7.56. The summed E-state index contributed by atoms with van der Waals surface area (Å²) in [5.41, 5.74) is 1.54. The maximum Gasteiger partial charge on any atom is 0.272 e. The minimum Gasteiger partial charge on any atom is -0.495 e. The molecule has 0 fully saturated rings. The van der Waals surface area contributed by atoms with Crippen LogP contribution in [0.1, 0.15) is 35.8 Å². The van der Waals surface area contributed by atoms with Crippen LogP contribution in [0.15, 0.2) is 41.3 Å². The molecule has 0 aliphatic rings. The van der Waals surface area contributed by atoms with Crippen molar-refractivity contribution in [1.29, 1.82) is 0 Å². The fraction of sp³-hybridized carbons (Fsp3) is 0.235. The topological polar surface area (TPSA) is 88.5 Å². The molecule has 24 heavy (non-hydrogen) atoms. The van der Waals surface area contributed by atoms with E-state index in [0.29, 0.717) is 28.3 Å². The Balaban J connectivity index is 2.03. The van der Waals surface area contributed by atoms with Crippen molar-refractivity contribution in [2.24, 2.45) is 0 Å². The smallest absolute Gasteiger partial charge is 0.272 e. The van der Waals surface area contributed by atoms with E-state index in [1.807, 2.05) is 19.9 Å². The molecule has 0 saturated heterocycles. The number of hydrogen-bond donors (Lipinski definition) is 2. The Labute approximate surface area is 138 Å². The number of nitrogens with zero attached hydrogens (tertiary/aromatic N) is 2. The molecule has 7 heteroatoms. The highest BCUT2D eigenvalue weighted by Gasteiger charge is 2.17. The first-order valence-electron chi connectivity index (χ1n) is 7.56. The number of nitrogens with one attached hydrogen (secondary N) is 2. The number of ether oxygens (including phenoxy) is 1. The Kier molecular flexibility index (Phi) is 4.07. The molecular weight excluding hydrogens is 308 g/mol. The molecule has 2 heterocycles. The number of aromatic amines is 1. The highest BCUT2D eigenvalue weighted by Crippen LogP contribution is 2.24. The van der Waals surface area contributed by atoms with Crippen LogP contribution in [0.3, 0.4) is 0 Å². The summed E-state index contributed by atoms with van der Waals surface area (Å²) in [7, 11) is 1.53. The maximum absolute atomic E-state index is 12.6. The molecule has 0 bridgehead atoms. The van der Waals surface area contributed by atoms with Crippen molar-refractivity contribution in [3.63, 3.8) is 0 Å². The number of aromatic nitrogens is 3. The fourth-order valence-corrected chi connectivity index (χ4v) is 2.40. The molecule has 1 aromatic carbocycles. The number of hydrogen-bond acceptors (Lipinski definition) is 4. The van der Waals surface area contributed by atoms with Crippen LogP contribution in [0, 0.1) is 0 Å². The van der Waals surface area contributed by atoms with Crippen LogP contribution in [0.25, 0.3) is 5.65 Å². The quantitative estimate of drug-likeness (QED) is 0.770. The SMILES string of the molecule is COc1ccccc1NC(=O)c1c[nH]n2c(=O)cc(C(C)C)nc12. The van der Waals surface area contributed by atoms with Gasteiger partial charge in [0.05, 0.1) is 18.5 Å². The highest BCUT2D eigenvalue weighted by molar-refractivity contribution is 6.08. The normalized spacial score (nSPS) is 11.0. The Morgan fingerprint density at radius 1 is 1.33 bits per heavy atom. The largest absolute Gasteiger partial charge is 0.495 e. The number of para-hydroxylation sites is 2. The zero-order valence-electron chi connectivity index (χ0n) is 13.7. The van der Waals surface area contributed by atoms with Crippen LogP contribution >= 0.6 is 0 Å². The van der Waals surface area contributed by atoms with Gasteiger partial charge in [-0.15, -0.1) is 0 Å². The highest BCUT2D eigenvalue weighted by atomic mass is 16.5. The zero-order chi connectivity index (χ0) is 17.3. The Morgan fingerprint density at radius 3 is 2.79 bits per heavy atom. The average molecular weight is 326 g/mol. The van der Waals surface area contributed by atoms with Crippen LogP contribution in [0.5, 0.6) is 5.75 Å². The third kappa shape index (κ3) is 2.76. The van der Waals surface area contributed by atoms with E-state index in [0.717, 1.165) is 0 Å². The Hall–Kier alpha value is -3.09. The number of anilines is 1. The lowest BCUT2D eigenvalue weighted by molar-refractivity contribution is 0.102. The van der Waals surface area contributed by atoms with Crippen molar-refractivity contribution in [2.75, 3.05) is 12.4 Å². The van der Waals surface area contributed by atoms with Crippen molar-refractivity contribution in [2.45, 2.75) is 19.8 Å². The summed E-state index contributed by atoms with van der Waals surface area (Å²) >= 11 is 0. The van der Waals surface area contributed by atoms with E-state index in [-0.39, 0.29) is 17.4 Å². The van der Waals surface area contributed by atoms with Gasteiger partial charge >= 0.3 is 0 Å². The fourth-order valence-electron chi connectivity index (χ4n) is 2.40. The van der Waals surface area contributed by atoms with Gasteiger partial charge in [-0.05, 0) is 18.1 Å². The molecule has 0 aliphatic heterocycles. The van der Waals surface area contributed by atoms with Crippen molar-refractivity contribution < 1.29 is 9.53 Å². The minimum absolute atomic E-state index is 0.0859. The van der Waals surface area contributed by atoms with E-state index in [2.05, 4.69) is 15.4 Å². The van der Waals surface area contributed by atoms with Crippen molar-refractivity contribution in [3.05, 3.63) is 58.1 Å². The molecule has 3 rings (SSSR count). The lowest BCUT2D eigenvalue weighted by Crippen LogP contribution is -2.18. The molecule has 0 saturated carbocycles. The molecule has 0 aliphatic carbocycles. The van der Waals surface area contributed by atoms with Crippen molar-refractivity contribution >= 4 is 17.2 Å². The van der Waals surface area contributed by atoms with Crippen molar-refractivity contribution in [3.8, 4) is 5.75 Å². The van der Waals surface area contributed by atoms with Gasteiger partial charge in [-0.2, -0.15) is 0 Å². The van der Waals surface area contributed by atoms with Crippen molar-refractivity contribution in [1.82, 2.24) is 14.6 Å². The van der Waals surface area contributed by atoms with Crippen LogP contribution < -0.4 is 15.6 Å². The molecule has 0 atom stereocenters. The van der Waals surface area contributed by atoms with Crippen LogP contribution in [0.2, 0.25) is 0 Å². The van der Waals surface area contributed by atoms with E-state index in [1.165, 1.54) is 23.9 Å². The second-order valence-electron chi connectivity index (χ2n) is 5.67. The summed E-state index contributed by atoms with van der Waals surface area (Å²) in [6.07, 6.45) is 1.47. The van der Waals surface area contributed by atoms with E-state index >= 15 is 0 Å². The zero-order valence-corrected chi connectivity index (χ0v) is 13.7. The third-order valence-corrected chi connectivity index (χ3v) is 3.71. The first kappa shape index (κ1) is 15.8. The monoisotopic (exact) mass is 326 g/mol. The van der Waals surface area contributed by atoms with E-state index in [1.54, 1.807) is 18.2 Å². The van der Waals surface area contributed by atoms with Gasteiger partial charge in [-0.1, -0.05) is 26.0 Å². The number of amides is 1. The van der Waals surface area contributed by atoms with Gasteiger partial charge in [0.15, 0.2) is 5.65 Å². The number of carbonyl (C=O) groups is 1. The van der Waals surface area contributed by atoms with Gasteiger partial charge in [0.2, 0.25) is 0 Å². The molecule has 1 amide bonds. The Bertz CT molecular complexity index is 956. The summed E-state index contributed by atoms with van der Waals surface area (Å²) < 4.78 is 6.48. The number of carbonyl (C=O) groups excluding carboxylic acids is 1. The molecule has 0 radical (unpaired) electrons. The second kappa shape index (κ2) is 6.19. The summed E-state index contributed by atoms with van der Waals surface area (Å²) in [4.78, 5) is 29.2. The average Bonchev–Trinajstić information content (AvgIpc) is 3.00. The summed E-state index contributed by atoms with van der Waals surface area (Å²) in [6, 6.07) is 8.58. The maximum atomic E-state index is 12.6. The van der Waals surface area contributed by atoms with E-state index in [4.69, 9.17) is 4.74 Å². The van der Waals surface area contributed by atoms with E-state index in [9.17, 15) is 9.59 Å². The molecule has 0 unspecified atom stereocenters. The predicted octanol–water partition coefficient (Wildman–Crippen LogP) is 2.41. The molecule has 2 N–H and O–H groups in total. The number of rotatable bonds is 4. The lowest BCUT2D eigenvalue weighted by atomic mass is 10.1. The number of methoxy groups -OCH3 is 1. The summed E-state index contributed by atoms with van der Waals surface area (Å²) in [5, 5.41) is 5.55. The number of benzene rings is 1. The number of H-pyrrole nitrogens is 1. The molecule has 7 nitrogen and oxygen atoms in total. The predicted molar refractivity (Wildman–Crippen MR) is 90.8 cm³/mol. The Morgan fingerprint density at radius 2 is 2.08 bits per heavy atom. The van der Waals surface area contributed by atoms with Gasteiger partial charge in [-0.3, -0.25) is 14.7 Å². The van der Waals surface area contributed by atoms with Gasteiger partial charge in [-0.25, -0.2) is 9.50 Å². The standard InChI is InChI=1S/C17H18N4O3/c1-10(2)13-8-15(22)21-16(19-13)11(9-18-21)17(23)20-12-6-4-5-7-14(12)24-3/h4-10,18H,1-3H3,(H,20,23). The van der Waals surface area contributed by atoms with Gasteiger partial charge in [0.1, 0.15) is 11.3 Å².